The quantitative estimate of drug-likeness (QED) is 0.537. The van der Waals surface area contributed by atoms with Gasteiger partial charge >= 0.3 is 0 Å². The number of benzene rings is 2. The molecule has 6 heteroatoms. The SMILES string of the molecule is CCCC1CCCCN1C(=O)c1cccc(C)c1-c1ccc2nc(N)c(N3CCOCC3)cc2c1. The number of fused-ring (bicyclic) bond motifs is 1. The van der Waals surface area contributed by atoms with Gasteiger partial charge in [-0.25, -0.2) is 4.98 Å². The molecule has 3 heterocycles. The van der Waals surface area contributed by atoms with Crippen molar-refractivity contribution in [3.8, 4) is 11.1 Å². The van der Waals surface area contributed by atoms with E-state index in [1.54, 1.807) is 0 Å². The van der Waals surface area contributed by atoms with Crippen LogP contribution >= 0.6 is 0 Å². The Balaban J connectivity index is 1.55. The van der Waals surface area contributed by atoms with E-state index in [1.807, 2.05) is 18.2 Å². The number of nitrogens with zero attached hydrogens (tertiary/aromatic N) is 3. The number of carbonyl (C=O) groups is 1. The van der Waals surface area contributed by atoms with Gasteiger partial charge in [-0.05, 0) is 73.6 Å². The van der Waals surface area contributed by atoms with Crippen LogP contribution in [-0.4, -0.2) is 54.7 Å². The highest BCUT2D eigenvalue weighted by Crippen LogP contribution is 2.34. The van der Waals surface area contributed by atoms with E-state index in [9.17, 15) is 4.79 Å². The van der Waals surface area contributed by atoms with Gasteiger partial charge in [0.1, 0.15) is 5.82 Å². The van der Waals surface area contributed by atoms with Gasteiger partial charge in [-0.1, -0.05) is 31.5 Å². The molecule has 35 heavy (non-hydrogen) atoms. The Kier molecular flexibility index (Phi) is 6.91. The van der Waals surface area contributed by atoms with Gasteiger partial charge in [0.25, 0.3) is 5.91 Å². The van der Waals surface area contributed by atoms with Crippen molar-refractivity contribution in [2.75, 3.05) is 43.5 Å². The fraction of sp³-hybridized carbons (Fsp3) is 0.448. The first-order valence-corrected chi connectivity index (χ1v) is 13.0. The molecule has 1 unspecified atom stereocenters. The topological polar surface area (TPSA) is 71.7 Å². The molecule has 2 aromatic carbocycles. The number of carbonyl (C=O) groups excluding carboxylic acids is 1. The predicted octanol–water partition coefficient (Wildman–Crippen LogP) is 5.42. The maximum Gasteiger partial charge on any atom is 0.254 e. The number of rotatable bonds is 5. The zero-order valence-electron chi connectivity index (χ0n) is 20.9. The van der Waals surface area contributed by atoms with Crippen molar-refractivity contribution >= 4 is 28.3 Å². The number of pyridine rings is 1. The lowest BCUT2D eigenvalue weighted by atomic mass is 9.91. The second-order valence-electron chi connectivity index (χ2n) is 9.83. The lowest BCUT2D eigenvalue weighted by Gasteiger charge is -2.36. The predicted molar refractivity (Wildman–Crippen MR) is 143 cm³/mol. The summed E-state index contributed by atoms with van der Waals surface area (Å²) in [6, 6.07) is 14.8. The highest BCUT2D eigenvalue weighted by molar-refractivity contribution is 6.03. The van der Waals surface area contributed by atoms with E-state index < -0.39 is 0 Å². The number of aromatic nitrogens is 1. The molecule has 0 aliphatic carbocycles. The first-order valence-electron chi connectivity index (χ1n) is 13.0. The molecule has 0 radical (unpaired) electrons. The van der Waals surface area contributed by atoms with Crippen LogP contribution in [0.4, 0.5) is 11.5 Å². The smallest absolute Gasteiger partial charge is 0.254 e. The molecule has 3 aromatic rings. The third kappa shape index (κ3) is 4.72. The Bertz CT molecular complexity index is 1220. The maximum absolute atomic E-state index is 13.9. The summed E-state index contributed by atoms with van der Waals surface area (Å²) in [6.45, 7) is 8.15. The summed E-state index contributed by atoms with van der Waals surface area (Å²) in [6.07, 6.45) is 5.57. The number of amides is 1. The van der Waals surface area contributed by atoms with E-state index in [4.69, 9.17) is 10.5 Å². The van der Waals surface area contributed by atoms with Crippen molar-refractivity contribution in [2.45, 2.75) is 52.0 Å². The van der Waals surface area contributed by atoms with Crippen LogP contribution < -0.4 is 10.6 Å². The Morgan fingerprint density at radius 2 is 1.94 bits per heavy atom. The summed E-state index contributed by atoms with van der Waals surface area (Å²) in [4.78, 5) is 22.9. The Hall–Kier alpha value is -3.12. The highest BCUT2D eigenvalue weighted by Gasteiger charge is 2.29. The second kappa shape index (κ2) is 10.2. The Morgan fingerprint density at radius 3 is 2.74 bits per heavy atom. The van der Waals surface area contributed by atoms with Crippen molar-refractivity contribution in [1.29, 1.82) is 0 Å². The molecular formula is C29H36N4O2. The van der Waals surface area contributed by atoms with Crippen molar-refractivity contribution < 1.29 is 9.53 Å². The monoisotopic (exact) mass is 472 g/mol. The number of nitrogen functional groups attached to an aromatic ring is 1. The number of ether oxygens (including phenoxy) is 1. The van der Waals surface area contributed by atoms with Crippen molar-refractivity contribution in [1.82, 2.24) is 9.88 Å². The number of anilines is 2. The molecule has 2 saturated heterocycles. The molecule has 1 atom stereocenters. The molecule has 6 nitrogen and oxygen atoms in total. The Labute approximate surface area is 208 Å². The third-order valence-electron chi connectivity index (χ3n) is 7.48. The number of morpholine rings is 1. The maximum atomic E-state index is 13.9. The number of hydrogen-bond donors (Lipinski definition) is 1. The third-order valence-corrected chi connectivity index (χ3v) is 7.48. The molecule has 0 saturated carbocycles. The van der Waals surface area contributed by atoms with Crippen molar-refractivity contribution in [3.05, 3.63) is 53.6 Å². The first kappa shape index (κ1) is 23.6. The van der Waals surface area contributed by atoms with Crippen LogP contribution in [0, 0.1) is 6.92 Å². The van der Waals surface area contributed by atoms with E-state index in [1.165, 1.54) is 6.42 Å². The largest absolute Gasteiger partial charge is 0.382 e. The zero-order valence-corrected chi connectivity index (χ0v) is 20.9. The number of likely N-dealkylation sites (tertiary alicyclic amines) is 1. The molecule has 1 aromatic heterocycles. The molecule has 184 valence electrons. The fourth-order valence-corrected chi connectivity index (χ4v) is 5.68. The van der Waals surface area contributed by atoms with Crippen LogP contribution in [-0.2, 0) is 4.74 Å². The molecule has 2 fully saturated rings. The summed E-state index contributed by atoms with van der Waals surface area (Å²) in [7, 11) is 0. The highest BCUT2D eigenvalue weighted by atomic mass is 16.5. The normalized spacial score (nSPS) is 18.7. The number of nitrogens with two attached hydrogens (primary N) is 1. The summed E-state index contributed by atoms with van der Waals surface area (Å²) in [5.74, 6) is 0.706. The number of piperidine rings is 1. The molecule has 2 aliphatic heterocycles. The van der Waals surface area contributed by atoms with Crippen molar-refractivity contribution in [2.24, 2.45) is 0 Å². The van der Waals surface area contributed by atoms with Crippen LogP contribution in [0.15, 0.2) is 42.5 Å². The molecule has 2 N–H and O–H groups in total. The average Bonchev–Trinajstić information content (AvgIpc) is 2.88. The van der Waals surface area contributed by atoms with Crippen LogP contribution in [0.2, 0.25) is 0 Å². The minimum Gasteiger partial charge on any atom is -0.382 e. The van der Waals surface area contributed by atoms with Gasteiger partial charge in [0.15, 0.2) is 0 Å². The van der Waals surface area contributed by atoms with Gasteiger partial charge in [0, 0.05) is 36.6 Å². The zero-order chi connectivity index (χ0) is 24.4. The van der Waals surface area contributed by atoms with Gasteiger partial charge in [0.2, 0.25) is 0 Å². The summed E-state index contributed by atoms with van der Waals surface area (Å²) in [5, 5.41) is 1.03. The summed E-state index contributed by atoms with van der Waals surface area (Å²) in [5.41, 5.74) is 12.1. The standard InChI is InChI=1S/C29H36N4O2/c1-3-7-23-9-4-5-13-33(23)29(34)24-10-6-8-20(2)27(24)21-11-12-25-22(18-21)19-26(28(30)31-25)32-14-16-35-17-15-32/h6,8,10-12,18-19,23H,3-5,7,9,13-17H2,1-2H3,(H2,30,31). The average molecular weight is 473 g/mol. The van der Waals surface area contributed by atoms with Gasteiger partial charge in [-0.3, -0.25) is 4.79 Å². The van der Waals surface area contributed by atoms with Crippen LogP contribution in [0.1, 0.15) is 54.9 Å². The summed E-state index contributed by atoms with van der Waals surface area (Å²) >= 11 is 0. The lowest BCUT2D eigenvalue weighted by Crippen LogP contribution is -2.43. The van der Waals surface area contributed by atoms with E-state index >= 15 is 0 Å². The van der Waals surface area contributed by atoms with Crippen molar-refractivity contribution in [3.63, 3.8) is 0 Å². The van der Waals surface area contributed by atoms with E-state index in [0.29, 0.717) is 25.1 Å². The van der Waals surface area contributed by atoms with E-state index in [-0.39, 0.29) is 5.91 Å². The van der Waals surface area contributed by atoms with E-state index in [2.05, 4.69) is 52.9 Å². The lowest BCUT2D eigenvalue weighted by molar-refractivity contribution is 0.0601. The Morgan fingerprint density at radius 1 is 1.11 bits per heavy atom. The number of aryl methyl sites for hydroxylation is 1. The molecule has 0 bridgehead atoms. The molecular weight excluding hydrogens is 436 g/mol. The molecule has 1 amide bonds. The minimum atomic E-state index is 0.159. The molecule has 5 rings (SSSR count). The van der Waals surface area contributed by atoms with Crippen LogP contribution in [0.5, 0.6) is 0 Å². The van der Waals surface area contributed by atoms with Gasteiger partial charge in [-0.2, -0.15) is 0 Å². The van der Waals surface area contributed by atoms with Gasteiger partial charge < -0.3 is 20.3 Å². The summed E-state index contributed by atoms with van der Waals surface area (Å²) < 4.78 is 5.51. The fourth-order valence-electron chi connectivity index (χ4n) is 5.68. The second-order valence-corrected chi connectivity index (χ2v) is 9.83. The minimum absolute atomic E-state index is 0.159. The van der Waals surface area contributed by atoms with Gasteiger partial charge in [-0.15, -0.1) is 0 Å². The molecule has 0 spiro atoms. The van der Waals surface area contributed by atoms with E-state index in [0.717, 1.165) is 84.2 Å². The first-order chi connectivity index (χ1) is 17.1. The number of hydrogen-bond acceptors (Lipinski definition) is 5. The van der Waals surface area contributed by atoms with Crippen LogP contribution in [0.3, 0.4) is 0 Å². The van der Waals surface area contributed by atoms with Crippen LogP contribution in [0.25, 0.3) is 22.0 Å². The van der Waals surface area contributed by atoms with Gasteiger partial charge in [0.05, 0.1) is 24.4 Å². The molecule has 2 aliphatic rings.